The largest absolute Gasteiger partial charge is 0.489 e. The minimum atomic E-state index is -0.341. The fourth-order valence-corrected chi connectivity index (χ4v) is 1.89. The minimum Gasteiger partial charge on any atom is -0.489 e. The van der Waals surface area contributed by atoms with Crippen LogP contribution in [0.1, 0.15) is 23.7 Å². The molecular weight excluding hydrogens is 269 g/mol. The maximum Gasteiger partial charge on any atom is 0.147 e. The molecule has 0 saturated carbocycles. The second kappa shape index (κ2) is 7.36. The van der Waals surface area contributed by atoms with Crippen molar-refractivity contribution < 1.29 is 9.13 Å². The first-order chi connectivity index (χ1) is 10.2. The Labute approximate surface area is 123 Å². The third kappa shape index (κ3) is 4.26. The summed E-state index contributed by atoms with van der Waals surface area (Å²) in [6, 6.07) is 10.1. The molecule has 1 aromatic carbocycles. The van der Waals surface area contributed by atoms with Gasteiger partial charge in [-0.05, 0) is 30.3 Å². The van der Waals surface area contributed by atoms with Gasteiger partial charge in [-0.1, -0.05) is 13.0 Å². The van der Waals surface area contributed by atoms with Gasteiger partial charge >= 0.3 is 0 Å². The van der Waals surface area contributed by atoms with Gasteiger partial charge in [0.2, 0.25) is 0 Å². The highest BCUT2D eigenvalue weighted by atomic mass is 19.1. The zero-order valence-electron chi connectivity index (χ0n) is 11.8. The van der Waals surface area contributed by atoms with Crippen molar-refractivity contribution >= 4 is 0 Å². The van der Waals surface area contributed by atoms with Crippen LogP contribution in [0.15, 0.2) is 36.5 Å². The van der Waals surface area contributed by atoms with Crippen molar-refractivity contribution in [3.63, 3.8) is 0 Å². The smallest absolute Gasteiger partial charge is 0.147 e. The van der Waals surface area contributed by atoms with Gasteiger partial charge in [-0.2, -0.15) is 5.26 Å². The number of halogens is 1. The molecule has 0 aliphatic carbocycles. The quantitative estimate of drug-likeness (QED) is 0.886. The molecule has 0 bridgehead atoms. The maximum absolute atomic E-state index is 13.6. The number of rotatable bonds is 6. The molecule has 2 aromatic rings. The molecule has 0 saturated heterocycles. The van der Waals surface area contributed by atoms with Crippen LogP contribution in [-0.2, 0) is 13.2 Å². The molecule has 0 fully saturated rings. The zero-order valence-corrected chi connectivity index (χ0v) is 11.8. The van der Waals surface area contributed by atoms with Crippen molar-refractivity contribution in [3.8, 4) is 11.8 Å². The molecule has 1 heterocycles. The van der Waals surface area contributed by atoms with Crippen LogP contribution in [0.25, 0.3) is 0 Å². The fraction of sp³-hybridized carbons (Fsp3) is 0.250. The first-order valence-corrected chi connectivity index (χ1v) is 6.70. The third-order valence-electron chi connectivity index (χ3n) is 2.90. The van der Waals surface area contributed by atoms with Gasteiger partial charge in [0.05, 0.1) is 0 Å². The Balaban J connectivity index is 2.09. The predicted molar refractivity (Wildman–Crippen MR) is 77.1 cm³/mol. The topological polar surface area (TPSA) is 57.9 Å². The van der Waals surface area contributed by atoms with E-state index in [2.05, 4.69) is 10.3 Å². The summed E-state index contributed by atoms with van der Waals surface area (Å²) >= 11 is 0. The number of nitrogens with zero attached hydrogens (tertiary/aromatic N) is 2. The van der Waals surface area contributed by atoms with Crippen molar-refractivity contribution in [1.29, 1.82) is 5.26 Å². The maximum atomic E-state index is 13.6. The van der Waals surface area contributed by atoms with Crippen LogP contribution in [0, 0.1) is 17.1 Å². The number of hydrogen-bond donors (Lipinski definition) is 1. The van der Waals surface area contributed by atoms with Crippen molar-refractivity contribution in [2.75, 3.05) is 6.54 Å². The van der Waals surface area contributed by atoms with Crippen LogP contribution >= 0.6 is 0 Å². The average molecular weight is 285 g/mol. The summed E-state index contributed by atoms with van der Waals surface area (Å²) in [5.74, 6) is 0.0998. The monoisotopic (exact) mass is 285 g/mol. The number of benzene rings is 1. The summed E-state index contributed by atoms with van der Waals surface area (Å²) in [6.45, 7) is 3.57. The van der Waals surface area contributed by atoms with E-state index in [9.17, 15) is 4.39 Å². The number of nitriles is 1. The third-order valence-corrected chi connectivity index (χ3v) is 2.90. The van der Waals surface area contributed by atoms with E-state index in [-0.39, 0.29) is 12.4 Å². The van der Waals surface area contributed by atoms with Gasteiger partial charge in [0, 0.05) is 24.4 Å². The van der Waals surface area contributed by atoms with Crippen molar-refractivity contribution in [2.24, 2.45) is 0 Å². The average Bonchev–Trinajstić information content (AvgIpc) is 2.50. The van der Waals surface area contributed by atoms with Gasteiger partial charge < -0.3 is 10.1 Å². The molecule has 108 valence electrons. The molecule has 21 heavy (non-hydrogen) atoms. The summed E-state index contributed by atoms with van der Waals surface area (Å²) in [4.78, 5) is 3.96. The lowest BCUT2D eigenvalue weighted by Crippen LogP contribution is -2.12. The molecular formula is C16H16FN3O. The molecule has 4 nitrogen and oxygen atoms in total. The Kier molecular flexibility index (Phi) is 5.24. The van der Waals surface area contributed by atoms with Crippen molar-refractivity contribution in [3.05, 3.63) is 59.2 Å². The summed E-state index contributed by atoms with van der Waals surface area (Å²) in [5, 5.41) is 12.1. The van der Waals surface area contributed by atoms with E-state index in [0.29, 0.717) is 23.6 Å². The van der Waals surface area contributed by atoms with E-state index in [4.69, 9.17) is 10.00 Å². The first-order valence-electron chi connectivity index (χ1n) is 6.70. The molecule has 0 spiro atoms. The van der Waals surface area contributed by atoms with Crippen LogP contribution in [0.4, 0.5) is 4.39 Å². The summed E-state index contributed by atoms with van der Waals surface area (Å²) in [6.07, 6.45) is 1.55. The van der Waals surface area contributed by atoms with E-state index in [1.807, 2.05) is 13.0 Å². The zero-order chi connectivity index (χ0) is 15.1. The van der Waals surface area contributed by atoms with Gasteiger partial charge in [-0.25, -0.2) is 9.37 Å². The highest BCUT2D eigenvalue weighted by Crippen LogP contribution is 2.18. The van der Waals surface area contributed by atoms with Gasteiger partial charge in [0.15, 0.2) is 0 Å². The number of ether oxygens (including phenoxy) is 1. The van der Waals surface area contributed by atoms with E-state index < -0.39 is 0 Å². The number of hydrogen-bond acceptors (Lipinski definition) is 4. The number of aromatic nitrogens is 1. The lowest BCUT2D eigenvalue weighted by atomic mass is 10.2. The second-order valence-corrected chi connectivity index (χ2v) is 4.49. The Bertz CT molecular complexity index is 652. The molecule has 0 aliphatic rings. The number of nitrogens with one attached hydrogen (secondary N) is 1. The molecule has 0 aliphatic heterocycles. The Morgan fingerprint density at radius 1 is 1.38 bits per heavy atom. The van der Waals surface area contributed by atoms with Crippen molar-refractivity contribution in [2.45, 2.75) is 20.1 Å². The Morgan fingerprint density at radius 3 is 3.00 bits per heavy atom. The minimum absolute atomic E-state index is 0.181. The highest BCUT2D eigenvalue weighted by molar-refractivity contribution is 5.32. The van der Waals surface area contributed by atoms with E-state index in [1.54, 1.807) is 24.4 Å². The van der Waals surface area contributed by atoms with Gasteiger partial charge in [-0.3, -0.25) is 0 Å². The van der Waals surface area contributed by atoms with E-state index >= 15 is 0 Å². The Morgan fingerprint density at radius 2 is 2.24 bits per heavy atom. The van der Waals surface area contributed by atoms with E-state index in [0.717, 1.165) is 12.1 Å². The van der Waals surface area contributed by atoms with Gasteiger partial charge in [0.1, 0.15) is 29.9 Å². The normalized spacial score (nSPS) is 10.1. The van der Waals surface area contributed by atoms with Gasteiger partial charge in [0.25, 0.3) is 0 Å². The molecule has 1 N–H and O–H groups in total. The van der Waals surface area contributed by atoms with Crippen LogP contribution in [0.2, 0.25) is 0 Å². The van der Waals surface area contributed by atoms with Crippen LogP contribution < -0.4 is 10.1 Å². The van der Waals surface area contributed by atoms with Crippen molar-refractivity contribution in [1.82, 2.24) is 10.3 Å². The molecule has 5 heteroatoms. The molecule has 0 unspecified atom stereocenters. The molecule has 0 atom stereocenters. The molecule has 0 radical (unpaired) electrons. The standard InChI is InChI=1S/C16H16FN3O/c1-2-19-10-12-6-14(17)8-15(7-12)21-11-13-4-3-5-20-16(13)9-18/h3-8,19H,2,10-11H2,1H3. The lowest BCUT2D eigenvalue weighted by molar-refractivity contribution is 0.303. The summed E-state index contributed by atoms with van der Waals surface area (Å²) in [5.41, 5.74) is 1.82. The molecule has 1 aromatic heterocycles. The SMILES string of the molecule is CCNCc1cc(F)cc(OCc2cccnc2C#N)c1. The Hall–Kier alpha value is -2.45. The number of pyridine rings is 1. The summed E-state index contributed by atoms with van der Waals surface area (Å²) in [7, 11) is 0. The second-order valence-electron chi connectivity index (χ2n) is 4.49. The van der Waals surface area contributed by atoms with Crippen LogP contribution in [-0.4, -0.2) is 11.5 Å². The fourth-order valence-electron chi connectivity index (χ4n) is 1.89. The van der Waals surface area contributed by atoms with Gasteiger partial charge in [-0.15, -0.1) is 0 Å². The predicted octanol–water partition coefficient (Wildman–Crippen LogP) is 2.78. The molecule has 0 amide bonds. The first kappa shape index (κ1) is 14.9. The van der Waals surface area contributed by atoms with E-state index in [1.165, 1.54) is 12.1 Å². The molecule has 2 rings (SSSR count). The lowest BCUT2D eigenvalue weighted by Gasteiger charge is -2.09. The summed E-state index contributed by atoms with van der Waals surface area (Å²) < 4.78 is 19.1. The van der Waals surface area contributed by atoms with Crippen LogP contribution in [0.5, 0.6) is 5.75 Å². The highest BCUT2D eigenvalue weighted by Gasteiger charge is 2.05. The van der Waals surface area contributed by atoms with Crippen LogP contribution in [0.3, 0.4) is 0 Å².